The van der Waals surface area contributed by atoms with Crippen LogP contribution in [0.2, 0.25) is 0 Å². The van der Waals surface area contributed by atoms with E-state index in [0.717, 1.165) is 18.5 Å². The number of hydrogen-bond acceptors (Lipinski definition) is 5. The molecule has 1 aliphatic rings. The monoisotopic (exact) mass is 394 g/mol. The van der Waals surface area contributed by atoms with Crippen molar-refractivity contribution in [2.45, 2.75) is 45.6 Å². The summed E-state index contributed by atoms with van der Waals surface area (Å²) in [5.74, 6) is -0.0641. The Morgan fingerprint density at radius 1 is 1.34 bits per heavy atom. The molecule has 0 spiro atoms. The fourth-order valence-electron chi connectivity index (χ4n) is 4.18. The van der Waals surface area contributed by atoms with E-state index in [4.69, 9.17) is 0 Å². The number of carbonyl (C=O) groups is 1. The predicted octanol–water partition coefficient (Wildman–Crippen LogP) is 4.47. The lowest BCUT2D eigenvalue weighted by Gasteiger charge is -2.47. The van der Waals surface area contributed by atoms with Gasteiger partial charge in [-0.05, 0) is 62.4 Å². The van der Waals surface area contributed by atoms with Crippen molar-refractivity contribution in [1.82, 2.24) is 5.43 Å². The highest BCUT2D eigenvalue weighted by Crippen LogP contribution is 2.43. The molecule has 0 aromatic heterocycles. The average molecular weight is 394 g/mol. The number of carbonyl (C=O) groups excluding carboxylic acids is 1. The maximum Gasteiger partial charge on any atom is 0.271 e. The fraction of sp³-hybridized carbons (Fsp3) is 0.364. The van der Waals surface area contributed by atoms with Gasteiger partial charge in [-0.25, -0.2) is 5.43 Å². The molecule has 29 heavy (non-hydrogen) atoms. The zero-order chi connectivity index (χ0) is 21.2. The van der Waals surface area contributed by atoms with Crippen molar-refractivity contribution in [2.24, 2.45) is 5.10 Å². The third-order valence-electron chi connectivity index (χ3n) is 5.42. The zero-order valence-electron chi connectivity index (χ0n) is 17.2. The minimum absolute atomic E-state index is 0.114. The molecule has 2 aromatic rings. The van der Waals surface area contributed by atoms with E-state index in [1.165, 1.54) is 35.5 Å². The number of nitro groups is 1. The third-order valence-corrected chi connectivity index (χ3v) is 5.42. The van der Waals surface area contributed by atoms with E-state index in [1.807, 2.05) is 6.07 Å². The van der Waals surface area contributed by atoms with Gasteiger partial charge in [0.05, 0.1) is 11.1 Å². The van der Waals surface area contributed by atoms with Crippen LogP contribution in [-0.2, 0) is 0 Å². The molecule has 1 atom stereocenters. The van der Waals surface area contributed by atoms with Crippen LogP contribution >= 0.6 is 0 Å². The SMILES string of the molecule is CCN1c2ccc(/C=N\NC(=O)c3cccc([N+](=O)[O-])c3)cc2C(C)CC1(C)C. The van der Waals surface area contributed by atoms with Gasteiger partial charge in [0.2, 0.25) is 0 Å². The van der Waals surface area contributed by atoms with Crippen LogP contribution in [0.15, 0.2) is 47.6 Å². The first-order chi connectivity index (χ1) is 13.7. The summed E-state index contributed by atoms with van der Waals surface area (Å²) in [7, 11) is 0. The maximum atomic E-state index is 12.2. The minimum Gasteiger partial charge on any atom is -0.366 e. The van der Waals surface area contributed by atoms with Crippen LogP contribution in [0.25, 0.3) is 0 Å². The van der Waals surface area contributed by atoms with Crippen LogP contribution in [0.4, 0.5) is 11.4 Å². The molecule has 0 bridgehead atoms. The number of nitro benzene ring substituents is 1. The minimum atomic E-state index is -0.533. The smallest absolute Gasteiger partial charge is 0.271 e. The summed E-state index contributed by atoms with van der Waals surface area (Å²) < 4.78 is 0. The largest absolute Gasteiger partial charge is 0.366 e. The van der Waals surface area contributed by atoms with Crippen LogP contribution in [0.1, 0.15) is 61.5 Å². The van der Waals surface area contributed by atoms with Crippen LogP contribution in [0.5, 0.6) is 0 Å². The number of nitrogens with zero attached hydrogens (tertiary/aromatic N) is 3. The van der Waals surface area contributed by atoms with Crippen LogP contribution < -0.4 is 10.3 Å². The van der Waals surface area contributed by atoms with E-state index in [9.17, 15) is 14.9 Å². The summed E-state index contributed by atoms with van der Waals surface area (Å²) in [6, 6.07) is 11.8. The number of non-ortho nitro benzene ring substituents is 1. The number of hydrazone groups is 1. The van der Waals surface area contributed by atoms with Gasteiger partial charge in [-0.1, -0.05) is 19.1 Å². The van der Waals surface area contributed by atoms with E-state index in [0.29, 0.717) is 5.92 Å². The summed E-state index contributed by atoms with van der Waals surface area (Å²) in [6.07, 6.45) is 2.66. The van der Waals surface area contributed by atoms with E-state index >= 15 is 0 Å². The summed E-state index contributed by atoms with van der Waals surface area (Å²) in [6.45, 7) is 9.89. The molecule has 7 heteroatoms. The van der Waals surface area contributed by atoms with E-state index < -0.39 is 10.8 Å². The topological polar surface area (TPSA) is 87.8 Å². The summed E-state index contributed by atoms with van der Waals surface area (Å²) in [5.41, 5.74) is 6.03. The summed E-state index contributed by atoms with van der Waals surface area (Å²) in [5, 5.41) is 14.9. The Balaban J connectivity index is 1.75. The molecule has 0 aliphatic carbocycles. The van der Waals surface area contributed by atoms with Gasteiger partial charge >= 0.3 is 0 Å². The molecule has 1 amide bonds. The van der Waals surface area contributed by atoms with Crippen LogP contribution in [0.3, 0.4) is 0 Å². The molecule has 152 valence electrons. The summed E-state index contributed by atoms with van der Waals surface area (Å²) >= 11 is 0. The summed E-state index contributed by atoms with van der Waals surface area (Å²) in [4.78, 5) is 24.9. The molecular formula is C22H26N4O3. The Bertz CT molecular complexity index is 968. The number of nitrogens with one attached hydrogen (secondary N) is 1. The Morgan fingerprint density at radius 3 is 2.79 bits per heavy atom. The second-order valence-electron chi connectivity index (χ2n) is 7.99. The number of anilines is 1. The van der Waals surface area contributed by atoms with Crippen molar-refractivity contribution < 1.29 is 9.72 Å². The van der Waals surface area contributed by atoms with Gasteiger partial charge in [-0.3, -0.25) is 14.9 Å². The van der Waals surface area contributed by atoms with Crippen LogP contribution in [-0.4, -0.2) is 29.1 Å². The Hall–Kier alpha value is -3.22. The van der Waals surface area contributed by atoms with Crippen molar-refractivity contribution in [3.05, 3.63) is 69.3 Å². The highest BCUT2D eigenvalue weighted by molar-refractivity contribution is 5.95. The highest BCUT2D eigenvalue weighted by Gasteiger charge is 2.35. The molecule has 0 saturated heterocycles. The number of benzene rings is 2. The normalized spacial score (nSPS) is 17.8. The molecule has 7 nitrogen and oxygen atoms in total. The molecule has 1 unspecified atom stereocenters. The third kappa shape index (κ3) is 4.29. The first-order valence-corrected chi connectivity index (χ1v) is 9.72. The molecule has 1 N–H and O–H groups in total. The van der Waals surface area contributed by atoms with Gasteiger partial charge in [0.15, 0.2) is 0 Å². The van der Waals surface area contributed by atoms with Crippen molar-refractivity contribution >= 4 is 23.5 Å². The molecule has 2 aromatic carbocycles. The van der Waals surface area contributed by atoms with Gasteiger partial charge in [0.25, 0.3) is 11.6 Å². The Kier molecular flexibility index (Phi) is 5.68. The maximum absolute atomic E-state index is 12.2. The molecule has 1 aliphatic heterocycles. The molecular weight excluding hydrogens is 368 g/mol. The average Bonchev–Trinajstić information content (AvgIpc) is 2.68. The predicted molar refractivity (Wildman–Crippen MR) is 115 cm³/mol. The van der Waals surface area contributed by atoms with Crippen molar-refractivity contribution in [3.63, 3.8) is 0 Å². The molecule has 0 saturated carbocycles. The molecule has 0 fully saturated rings. The lowest BCUT2D eigenvalue weighted by molar-refractivity contribution is -0.384. The second kappa shape index (κ2) is 8.03. The van der Waals surface area contributed by atoms with Gasteiger partial charge < -0.3 is 4.90 Å². The molecule has 1 heterocycles. The van der Waals surface area contributed by atoms with Crippen LogP contribution in [0, 0.1) is 10.1 Å². The quantitative estimate of drug-likeness (QED) is 0.460. The number of fused-ring (bicyclic) bond motifs is 1. The van der Waals surface area contributed by atoms with Gasteiger partial charge in [-0.2, -0.15) is 5.10 Å². The van der Waals surface area contributed by atoms with E-state index in [-0.39, 0.29) is 16.8 Å². The Morgan fingerprint density at radius 2 is 2.10 bits per heavy atom. The van der Waals surface area contributed by atoms with Gasteiger partial charge in [0, 0.05) is 35.5 Å². The highest BCUT2D eigenvalue weighted by atomic mass is 16.6. The lowest BCUT2D eigenvalue weighted by atomic mass is 9.79. The first-order valence-electron chi connectivity index (χ1n) is 9.72. The Labute approximate surface area is 170 Å². The zero-order valence-corrected chi connectivity index (χ0v) is 17.2. The number of hydrogen-bond donors (Lipinski definition) is 1. The second-order valence-corrected chi connectivity index (χ2v) is 7.99. The molecule has 0 radical (unpaired) electrons. The van der Waals surface area contributed by atoms with Crippen molar-refractivity contribution in [2.75, 3.05) is 11.4 Å². The number of amides is 1. The standard InChI is InChI=1S/C22H26N4O3/c1-5-25-20-10-9-16(11-19(20)15(2)13-22(25,3)4)14-23-24-21(27)17-7-6-8-18(12-17)26(28)29/h6-12,14-15H,5,13H2,1-4H3,(H,24,27)/b23-14-. The lowest BCUT2D eigenvalue weighted by Crippen LogP contribution is -2.48. The first kappa shape index (κ1) is 20.5. The van der Waals surface area contributed by atoms with E-state index in [1.54, 1.807) is 6.21 Å². The van der Waals surface area contributed by atoms with Gasteiger partial charge in [-0.15, -0.1) is 0 Å². The number of rotatable bonds is 5. The molecule has 3 rings (SSSR count). The van der Waals surface area contributed by atoms with E-state index in [2.05, 4.69) is 55.3 Å². The fourth-order valence-corrected chi connectivity index (χ4v) is 4.18. The van der Waals surface area contributed by atoms with Crippen molar-refractivity contribution in [3.8, 4) is 0 Å². The van der Waals surface area contributed by atoms with Gasteiger partial charge in [0.1, 0.15) is 0 Å². The van der Waals surface area contributed by atoms with Crippen molar-refractivity contribution in [1.29, 1.82) is 0 Å².